The van der Waals surface area contributed by atoms with Crippen molar-refractivity contribution >= 4 is 0 Å². The van der Waals surface area contributed by atoms with Crippen molar-refractivity contribution in [3.63, 3.8) is 0 Å². The van der Waals surface area contributed by atoms with Gasteiger partial charge in [0.25, 0.3) is 0 Å². The van der Waals surface area contributed by atoms with Gasteiger partial charge < -0.3 is 14.8 Å². The zero-order chi connectivity index (χ0) is 14.0. The van der Waals surface area contributed by atoms with Crippen LogP contribution in [-0.2, 0) is 0 Å². The van der Waals surface area contributed by atoms with E-state index in [-0.39, 0.29) is 0 Å². The average molecular weight is 275 g/mol. The number of fused-ring (bicyclic) bond motifs is 1. The molecular weight excluding hydrogens is 250 g/mol. The lowest BCUT2D eigenvalue weighted by atomic mass is 9.70. The van der Waals surface area contributed by atoms with Crippen molar-refractivity contribution in [1.29, 1.82) is 0 Å². The molecule has 3 heteroatoms. The molecule has 1 heterocycles. The van der Waals surface area contributed by atoms with Crippen LogP contribution in [-0.4, -0.2) is 19.8 Å². The standard InChI is InChI=1S/C17H25NO2/c1-13(18-12-17(2)7-3-8-17)14-5-6-15-16(11-14)20-10-4-9-19-15/h5-6,11,13,18H,3-4,7-10,12H2,1-2H3. The second-order valence-corrected chi connectivity index (χ2v) is 6.52. The average Bonchev–Trinajstić information content (AvgIpc) is 2.67. The number of nitrogens with one attached hydrogen (secondary N) is 1. The molecule has 1 aliphatic carbocycles. The molecule has 0 amide bonds. The van der Waals surface area contributed by atoms with E-state index in [2.05, 4.69) is 31.3 Å². The first-order chi connectivity index (χ1) is 9.66. The Hall–Kier alpha value is -1.22. The molecule has 1 fully saturated rings. The van der Waals surface area contributed by atoms with Crippen molar-refractivity contribution in [2.24, 2.45) is 5.41 Å². The summed E-state index contributed by atoms with van der Waals surface area (Å²) in [4.78, 5) is 0. The summed E-state index contributed by atoms with van der Waals surface area (Å²) in [5.74, 6) is 1.77. The van der Waals surface area contributed by atoms with Crippen LogP contribution in [0.1, 0.15) is 51.1 Å². The van der Waals surface area contributed by atoms with E-state index < -0.39 is 0 Å². The van der Waals surface area contributed by atoms with Crippen molar-refractivity contribution in [2.75, 3.05) is 19.8 Å². The van der Waals surface area contributed by atoms with Crippen LogP contribution in [0.25, 0.3) is 0 Å². The third-order valence-electron chi connectivity index (χ3n) is 4.67. The summed E-state index contributed by atoms with van der Waals surface area (Å²) in [7, 11) is 0. The lowest BCUT2D eigenvalue weighted by molar-refractivity contribution is 0.152. The van der Waals surface area contributed by atoms with Crippen LogP contribution in [0.3, 0.4) is 0 Å². The Morgan fingerprint density at radius 3 is 2.60 bits per heavy atom. The van der Waals surface area contributed by atoms with E-state index >= 15 is 0 Å². The SMILES string of the molecule is CC(NCC1(C)CCC1)c1ccc2c(c1)OCCCO2. The predicted molar refractivity (Wildman–Crippen MR) is 80.4 cm³/mol. The van der Waals surface area contributed by atoms with Crippen molar-refractivity contribution in [3.05, 3.63) is 23.8 Å². The Bertz CT molecular complexity index is 468. The summed E-state index contributed by atoms with van der Waals surface area (Å²) >= 11 is 0. The highest BCUT2D eigenvalue weighted by atomic mass is 16.5. The summed E-state index contributed by atoms with van der Waals surface area (Å²) in [6.45, 7) is 7.20. The highest BCUT2D eigenvalue weighted by molar-refractivity contribution is 5.44. The highest BCUT2D eigenvalue weighted by Gasteiger charge is 2.31. The maximum absolute atomic E-state index is 5.76. The van der Waals surface area contributed by atoms with Gasteiger partial charge in [-0.25, -0.2) is 0 Å². The minimum atomic E-state index is 0.351. The molecule has 3 rings (SSSR count). The molecule has 1 unspecified atom stereocenters. The lowest BCUT2D eigenvalue weighted by Gasteiger charge is -2.39. The number of hydrogen-bond donors (Lipinski definition) is 1. The van der Waals surface area contributed by atoms with Gasteiger partial charge in [0.1, 0.15) is 0 Å². The second-order valence-electron chi connectivity index (χ2n) is 6.52. The molecule has 3 nitrogen and oxygen atoms in total. The summed E-state index contributed by atoms with van der Waals surface area (Å²) in [6, 6.07) is 6.67. The molecule has 1 aromatic carbocycles. The largest absolute Gasteiger partial charge is 0.490 e. The summed E-state index contributed by atoms with van der Waals surface area (Å²) in [6.07, 6.45) is 5.05. The second kappa shape index (κ2) is 5.65. The normalized spacial score (nSPS) is 21.7. The van der Waals surface area contributed by atoms with Gasteiger partial charge in [-0.05, 0) is 42.9 Å². The molecule has 1 saturated carbocycles. The van der Waals surface area contributed by atoms with Crippen molar-refractivity contribution in [1.82, 2.24) is 5.32 Å². The molecule has 1 aromatic rings. The van der Waals surface area contributed by atoms with Crippen LogP contribution < -0.4 is 14.8 Å². The number of benzene rings is 1. The monoisotopic (exact) mass is 275 g/mol. The minimum absolute atomic E-state index is 0.351. The quantitative estimate of drug-likeness (QED) is 0.909. The van der Waals surface area contributed by atoms with Crippen molar-refractivity contribution in [3.8, 4) is 11.5 Å². The predicted octanol–water partition coefficient (Wildman–Crippen LogP) is 3.69. The van der Waals surface area contributed by atoms with E-state index in [4.69, 9.17) is 9.47 Å². The molecule has 1 N–H and O–H groups in total. The van der Waals surface area contributed by atoms with E-state index in [0.29, 0.717) is 11.5 Å². The minimum Gasteiger partial charge on any atom is -0.490 e. The smallest absolute Gasteiger partial charge is 0.161 e. The first kappa shape index (κ1) is 13.7. The fraction of sp³-hybridized carbons (Fsp3) is 0.647. The van der Waals surface area contributed by atoms with Crippen LogP contribution in [0, 0.1) is 5.41 Å². The Labute approximate surface area is 121 Å². The van der Waals surface area contributed by atoms with Gasteiger partial charge in [0.05, 0.1) is 13.2 Å². The van der Waals surface area contributed by atoms with Crippen LogP contribution in [0.2, 0.25) is 0 Å². The maximum atomic E-state index is 5.76. The van der Waals surface area contributed by atoms with Gasteiger partial charge in [-0.2, -0.15) is 0 Å². The zero-order valence-corrected chi connectivity index (χ0v) is 12.6. The fourth-order valence-electron chi connectivity index (χ4n) is 2.92. The molecule has 0 spiro atoms. The zero-order valence-electron chi connectivity index (χ0n) is 12.6. The third-order valence-corrected chi connectivity index (χ3v) is 4.67. The molecule has 1 atom stereocenters. The number of rotatable bonds is 4. The van der Waals surface area contributed by atoms with E-state index in [1.165, 1.54) is 24.8 Å². The van der Waals surface area contributed by atoms with Gasteiger partial charge in [0.2, 0.25) is 0 Å². The Balaban J connectivity index is 1.65. The highest BCUT2D eigenvalue weighted by Crippen LogP contribution is 2.40. The molecule has 110 valence electrons. The molecule has 0 radical (unpaired) electrons. The summed E-state index contributed by atoms with van der Waals surface area (Å²) < 4.78 is 11.4. The van der Waals surface area contributed by atoms with E-state index in [9.17, 15) is 0 Å². The van der Waals surface area contributed by atoms with Gasteiger partial charge in [-0.15, -0.1) is 0 Å². The first-order valence-corrected chi connectivity index (χ1v) is 7.79. The van der Waals surface area contributed by atoms with Crippen LogP contribution in [0.5, 0.6) is 11.5 Å². The van der Waals surface area contributed by atoms with Crippen molar-refractivity contribution < 1.29 is 9.47 Å². The fourth-order valence-corrected chi connectivity index (χ4v) is 2.92. The van der Waals surface area contributed by atoms with Gasteiger partial charge in [0.15, 0.2) is 11.5 Å². The Morgan fingerprint density at radius 2 is 1.90 bits per heavy atom. The Kier molecular flexibility index (Phi) is 3.88. The lowest BCUT2D eigenvalue weighted by Crippen LogP contribution is -2.38. The van der Waals surface area contributed by atoms with Gasteiger partial charge in [-0.1, -0.05) is 19.4 Å². The molecular formula is C17H25NO2. The molecule has 0 saturated heterocycles. The summed E-state index contributed by atoms with van der Waals surface area (Å²) in [5.41, 5.74) is 1.79. The maximum Gasteiger partial charge on any atom is 0.161 e. The van der Waals surface area contributed by atoms with E-state index in [1.54, 1.807) is 0 Å². The topological polar surface area (TPSA) is 30.5 Å². The van der Waals surface area contributed by atoms with Gasteiger partial charge in [-0.3, -0.25) is 0 Å². The third kappa shape index (κ3) is 2.93. The number of hydrogen-bond acceptors (Lipinski definition) is 3. The summed E-state index contributed by atoms with van der Waals surface area (Å²) in [5, 5.41) is 3.67. The Morgan fingerprint density at radius 1 is 1.15 bits per heavy atom. The van der Waals surface area contributed by atoms with E-state index in [1.807, 2.05) is 6.07 Å². The molecule has 1 aliphatic heterocycles. The molecule has 20 heavy (non-hydrogen) atoms. The molecule has 0 bridgehead atoms. The van der Waals surface area contributed by atoms with Crippen LogP contribution >= 0.6 is 0 Å². The van der Waals surface area contributed by atoms with Crippen molar-refractivity contribution in [2.45, 2.75) is 45.6 Å². The first-order valence-electron chi connectivity index (χ1n) is 7.79. The van der Waals surface area contributed by atoms with E-state index in [0.717, 1.165) is 37.7 Å². The van der Waals surface area contributed by atoms with Gasteiger partial charge in [0, 0.05) is 19.0 Å². The van der Waals surface area contributed by atoms with Gasteiger partial charge >= 0.3 is 0 Å². The molecule has 2 aliphatic rings. The molecule has 0 aromatic heterocycles. The number of ether oxygens (including phenoxy) is 2. The van der Waals surface area contributed by atoms with Crippen LogP contribution in [0.4, 0.5) is 0 Å². The van der Waals surface area contributed by atoms with Crippen LogP contribution in [0.15, 0.2) is 18.2 Å².